The van der Waals surface area contributed by atoms with Crippen molar-refractivity contribution in [3.63, 3.8) is 0 Å². The van der Waals surface area contributed by atoms with Crippen molar-refractivity contribution in [1.29, 1.82) is 5.26 Å². The number of benzene rings is 2. The average Bonchev–Trinajstić information content (AvgIpc) is 3.55. The molecule has 1 spiro atoms. The normalized spacial score (nSPS) is 24.1. The summed E-state index contributed by atoms with van der Waals surface area (Å²) in [6.45, 7) is -0.569. The Morgan fingerprint density at radius 1 is 1.19 bits per heavy atom. The summed E-state index contributed by atoms with van der Waals surface area (Å²) >= 11 is 0. The molecule has 37 heavy (non-hydrogen) atoms. The number of rotatable bonds is 4. The Balaban J connectivity index is 1.37. The standard InChI is InChI=1S/C26H24FN5O5/c1-29-24(35)30-18-6-8-20-16(12-18)10-11-26(20)23(34)31(25(36)37-26)14-22(33)32-19(13-28)7-9-21(32)15-2-4-17(27)5-3-15/h2-6,8,12,19,21H,7,9-11,14H2,1H3,(H2,29,30,35)/t19-,21+,26?/m1/s1. The van der Waals surface area contributed by atoms with Gasteiger partial charge in [0.1, 0.15) is 18.4 Å². The van der Waals surface area contributed by atoms with Crippen LogP contribution in [-0.2, 0) is 26.3 Å². The maximum atomic E-state index is 13.5. The minimum absolute atomic E-state index is 0.212. The summed E-state index contributed by atoms with van der Waals surface area (Å²) in [6, 6.07) is 11.2. The molecular weight excluding hydrogens is 481 g/mol. The third kappa shape index (κ3) is 4.04. The number of carbonyl (C=O) groups excluding carboxylic acids is 4. The molecule has 10 nitrogen and oxygen atoms in total. The van der Waals surface area contributed by atoms with Crippen LogP contribution in [0.2, 0.25) is 0 Å². The molecule has 3 atom stereocenters. The highest BCUT2D eigenvalue weighted by Crippen LogP contribution is 2.46. The molecule has 0 aromatic heterocycles. The highest BCUT2D eigenvalue weighted by atomic mass is 19.1. The minimum Gasteiger partial charge on any atom is -0.427 e. The molecule has 2 fully saturated rings. The van der Waals surface area contributed by atoms with Crippen LogP contribution >= 0.6 is 0 Å². The van der Waals surface area contributed by atoms with Crippen molar-refractivity contribution in [3.8, 4) is 6.07 Å². The molecule has 0 bridgehead atoms. The van der Waals surface area contributed by atoms with Crippen LogP contribution in [0.3, 0.4) is 0 Å². The van der Waals surface area contributed by atoms with Gasteiger partial charge in [0.05, 0.1) is 12.1 Å². The smallest absolute Gasteiger partial charge is 0.418 e. The number of carbonyl (C=O) groups is 4. The lowest BCUT2D eigenvalue weighted by Gasteiger charge is -2.29. The van der Waals surface area contributed by atoms with E-state index >= 15 is 0 Å². The zero-order valence-electron chi connectivity index (χ0n) is 20.0. The van der Waals surface area contributed by atoms with E-state index < -0.39 is 54.0 Å². The van der Waals surface area contributed by atoms with E-state index in [1.165, 1.54) is 24.1 Å². The second kappa shape index (κ2) is 9.20. The lowest BCUT2D eigenvalue weighted by molar-refractivity contribution is -0.142. The van der Waals surface area contributed by atoms with Crippen LogP contribution in [-0.4, -0.2) is 53.4 Å². The average molecular weight is 506 g/mol. The van der Waals surface area contributed by atoms with E-state index in [-0.39, 0.29) is 6.42 Å². The van der Waals surface area contributed by atoms with Gasteiger partial charge in [-0.25, -0.2) is 18.9 Å². The van der Waals surface area contributed by atoms with Crippen molar-refractivity contribution < 1.29 is 28.3 Å². The summed E-state index contributed by atoms with van der Waals surface area (Å²) in [4.78, 5) is 53.5. The van der Waals surface area contributed by atoms with Crippen molar-refractivity contribution in [2.24, 2.45) is 0 Å². The highest BCUT2D eigenvalue weighted by molar-refractivity contribution is 6.06. The number of fused-ring (bicyclic) bond motifs is 2. The molecule has 5 amide bonds. The number of likely N-dealkylation sites (tertiary alicyclic amines) is 1. The van der Waals surface area contributed by atoms with Crippen molar-refractivity contribution in [1.82, 2.24) is 15.1 Å². The number of hydrogen-bond acceptors (Lipinski definition) is 6. The summed E-state index contributed by atoms with van der Waals surface area (Å²) in [6.07, 6.45) is 0.646. The number of amides is 5. The predicted octanol–water partition coefficient (Wildman–Crippen LogP) is 2.95. The number of ether oxygens (including phenoxy) is 1. The summed E-state index contributed by atoms with van der Waals surface area (Å²) in [5, 5.41) is 14.7. The predicted molar refractivity (Wildman–Crippen MR) is 127 cm³/mol. The van der Waals surface area contributed by atoms with E-state index in [1.54, 1.807) is 30.3 Å². The van der Waals surface area contributed by atoms with Gasteiger partial charge in [-0.1, -0.05) is 18.2 Å². The fraction of sp³-hybridized carbons (Fsp3) is 0.346. The molecule has 2 aromatic rings. The largest absolute Gasteiger partial charge is 0.427 e. The molecule has 2 heterocycles. The van der Waals surface area contributed by atoms with Gasteiger partial charge in [0, 0.05) is 24.7 Å². The van der Waals surface area contributed by atoms with Crippen LogP contribution in [0.25, 0.3) is 0 Å². The van der Waals surface area contributed by atoms with Crippen molar-refractivity contribution in [2.75, 3.05) is 18.9 Å². The maximum Gasteiger partial charge on any atom is 0.418 e. The van der Waals surface area contributed by atoms with E-state index in [9.17, 15) is 28.8 Å². The van der Waals surface area contributed by atoms with Gasteiger partial charge in [-0.2, -0.15) is 5.26 Å². The first-order valence-electron chi connectivity index (χ1n) is 11.9. The Bertz CT molecular complexity index is 1340. The summed E-state index contributed by atoms with van der Waals surface area (Å²) < 4.78 is 19.0. The molecule has 190 valence electrons. The van der Waals surface area contributed by atoms with Gasteiger partial charge < -0.3 is 20.3 Å². The number of anilines is 1. The maximum absolute atomic E-state index is 13.5. The molecule has 1 unspecified atom stereocenters. The van der Waals surface area contributed by atoms with Crippen LogP contribution in [0.1, 0.15) is 42.0 Å². The Kier molecular flexibility index (Phi) is 6.03. The molecule has 1 aliphatic carbocycles. The van der Waals surface area contributed by atoms with Crippen LogP contribution in [0.15, 0.2) is 42.5 Å². The minimum atomic E-state index is -1.53. The van der Waals surface area contributed by atoms with Gasteiger partial charge in [0.25, 0.3) is 5.91 Å². The molecule has 0 saturated carbocycles. The summed E-state index contributed by atoms with van der Waals surface area (Å²) in [7, 11) is 1.49. The zero-order chi connectivity index (χ0) is 26.3. The van der Waals surface area contributed by atoms with Crippen LogP contribution in [0, 0.1) is 17.1 Å². The fourth-order valence-corrected chi connectivity index (χ4v) is 5.44. The van der Waals surface area contributed by atoms with Gasteiger partial charge in [-0.05, 0) is 54.7 Å². The zero-order valence-corrected chi connectivity index (χ0v) is 20.0. The SMILES string of the molecule is CNC(=O)Nc1ccc2c(c1)CCC21OC(=O)N(CC(=O)N2[C@@H](C#N)CC[C@H]2c2ccc(F)cc2)C1=O. The number of aryl methyl sites for hydroxylation is 1. The van der Waals surface area contributed by atoms with Crippen LogP contribution in [0.5, 0.6) is 0 Å². The molecule has 11 heteroatoms. The third-order valence-corrected chi connectivity index (χ3v) is 7.21. The van der Waals surface area contributed by atoms with Gasteiger partial charge >= 0.3 is 12.1 Å². The molecule has 0 radical (unpaired) electrons. The Morgan fingerprint density at radius 3 is 2.65 bits per heavy atom. The van der Waals surface area contributed by atoms with Crippen LogP contribution < -0.4 is 10.6 Å². The lowest BCUT2D eigenvalue weighted by Crippen LogP contribution is -2.46. The monoisotopic (exact) mass is 505 g/mol. The first kappa shape index (κ1) is 24.2. The van der Waals surface area contributed by atoms with E-state index in [2.05, 4.69) is 16.7 Å². The van der Waals surface area contributed by atoms with E-state index in [4.69, 9.17) is 4.74 Å². The number of nitrogens with one attached hydrogen (secondary N) is 2. The van der Waals surface area contributed by atoms with Gasteiger partial charge in [-0.15, -0.1) is 0 Å². The Hall–Kier alpha value is -4.46. The van der Waals surface area contributed by atoms with Gasteiger partial charge in [0.15, 0.2) is 0 Å². The Morgan fingerprint density at radius 2 is 1.95 bits per heavy atom. The molecule has 3 aliphatic rings. The molecular formula is C26H24FN5O5. The third-order valence-electron chi connectivity index (χ3n) is 7.21. The van der Waals surface area contributed by atoms with Crippen molar-refractivity contribution >= 4 is 29.6 Å². The van der Waals surface area contributed by atoms with Crippen molar-refractivity contribution in [2.45, 2.75) is 43.4 Å². The number of imide groups is 1. The number of nitrogens with zero attached hydrogens (tertiary/aromatic N) is 3. The van der Waals surface area contributed by atoms with E-state index in [0.29, 0.717) is 36.1 Å². The van der Waals surface area contributed by atoms with Gasteiger partial charge in [-0.3, -0.25) is 9.59 Å². The second-order valence-corrected chi connectivity index (χ2v) is 9.25. The fourth-order valence-electron chi connectivity index (χ4n) is 5.44. The Labute approximate surface area is 212 Å². The number of urea groups is 1. The first-order valence-corrected chi connectivity index (χ1v) is 11.9. The molecule has 5 rings (SSSR count). The van der Waals surface area contributed by atoms with Crippen LogP contribution in [0.4, 0.5) is 19.7 Å². The lowest BCUT2D eigenvalue weighted by atomic mass is 9.94. The highest BCUT2D eigenvalue weighted by Gasteiger charge is 2.58. The quantitative estimate of drug-likeness (QED) is 0.657. The first-order chi connectivity index (χ1) is 17.8. The topological polar surface area (TPSA) is 132 Å². The van der Waals surface area contributed by atoms with Gasteiger partial charge in [0.2, 0.25) is 11.5 Å². The van der Waals surface area contributed by atoms with Crippen molar-refractivity contribution in [3.05, 3.63) is 65.0 Å². The van der Waals surface area contributed by atoms with E-state index in [1.807, 2.05) is 0 Å². The number of halogens is 1. The molecule has 2 aromatic carbocycles. The molecule has 2 aliphatic heterocycles. The summed E-state index contributed by atoms with van der Waals surface area (Å²) in [5.41, 5.74) is 0.939. The van der Waals surface area contributed by atoms with E-state index in [0.717, 1.165) is 10.5 Å². The number of nitriles is 1. The molecule has 2 saturated heterocycles. The number of hydrogen-bond donors (Lipinski definition) is 2. The molecule has 2 N–H and O–H groups in total. The second-order valence-electron chi connectivity index (χ2n) is 9.25. The summed E-state index contributed by atoms with van der Waals surface area (Å²) in [5.74, 6) is -1.62.